The number of piperazine rings is 1. The summed E-state index contributed by atoms with van der Waals surface area (Å²) >= 11 is 0. The SMILES string of the molecule is CCOC(=O)N1CCN(C(=O)c2nc(-c3ccc(OC)c4nc(C(F)(F)F)ccc34)oc2[C@H](C)N)CC1. The molecule has 1 saturated heterocycles. The molecule has 2 amide bonds. The van der Waals surface area contributed by atoms with Crippen molar-refractivity contribution in [2.24, 2.45) is 5.73 Å². The van der Waals surface area contributed by atoms with Gasteiger partial charge in [-0.2, -0.15) is 13.2 Å². The Morgan fingerprint density at radius 2 is 1.78 bits per heavy atom. The summed E-state index contributed by atoms with van der Waals surface area (Å²) in [5, 5.41) is 0.298. The largest absolute Gasteiger partial charge is 0.494 e. The maximum atomic E-state index is 13.3. The molecule has 0 radical (unpaired) electrons. The highest BCUT2D eigenvalue weighted by Gasteiger charge is 2.34. The molecule has 0 unspecified atom stereocenters. The Hall–Kier alpha value is -3.87. The van der Waals surface area contributed by atoms with Crippen LogP contribution >= 0.6 is 0 Å². The number of methoxy groups -OCH3 is 1. The Balaban J connectivity index is 1.69. The molecular weight excluding hydrogens is 495 g/mol. The molecule has 198 valence electrons. The van der Waals surface area contributed by atoms with Crippen molar-refractivity contribution in [3.8, 4) is 17.2 Å². The highest BCUT2D eigenvalue weighted by molar-refractivity contribution is 5.98. The second kappa shape index (κ2) is 10.2. The maximum Gasteiger partial charge on any atom is 0.433 e. The van der Waals surface area contributed by atoms with E-state index in [1.165, 1.54) is 29.0 Å². The van der Waals surface area contributed by atoms with E-state index in [0.717, 1.165) is 6.07 Å². The zero-order valence-electron chi connectivity index (χ0n) is 20.5. The summed E-state index contributed by atoms with van der Waals surface area (Å²) in [4.78, 5) is 36.5. The minimum absolute atomic E-state index is 0.00146. The van der Waals surface area contributed by atoms with Crippen LogP contribution in [0.4, 0.5) is 18.0 Å². The maximum absolute atomic E-state index is 13.3. The molecule has 2 N–H and O–H groups in total. The molecule has 3 aromatic rings. The standard InChI is InChI=1S/C24H26F3N5O5/c1-4-36-23(34)32-11-9-31(10-12-32)22(33)19-20(13(2)28)37-21(30-19)15-5-7-16(35-3)18-14(15)6-8-17(29-18)24(25,26)27/h5-8,13H,4,9-12,28H2,1-3H3/t13-/m0/s1. The van der Waals surface area contributed by atoms with Crippen LogP contribution in [0.3, 0.4) is 0 Å². The first-order valence-electron chi connectivity index (χ1n) is 11.6. The molecule has 1 atom stereocenters. The number of carbonyl (C=O) groups is 2. The van der Waals surface area contributed by atoms with Crippen molar-refractivity contribution in [3.63, 3.8) is 0 Å². The van der Waals surface area contributed by atoms with Crippen LogP contribution in [0, 0.1) is 0 Å². The number of alkyl halides is 3. The molecule has 0 bridgehead atoms. The summed E-state index contributed by atoms with van der Waals surface area (Å²) in [6.07, 6.45) is -5.08. The van der Waals surface area contributed by atoms with Gasteiger partial charge in [0.05, 0.1) is 19.8 Å². The van der Waals surface area contributed by atoms with Gasteiger partial charge in [-0.15, -0.1) is 0 Å². The fourth-order valence-electron chi connectivity index (χ4n) is 4.07. The lowest BCUT2D eigenvalue weighted by Crippen LogP contribution is -2.51. The fourth-order valence-corrected chi connectivity index (χ4v) is 4.07. The van der Waals surface area contributed by atoms with Gasteiger partial charge in [0, 0.05) is 37.1 Å². The van der Waals surface area contributed by atoms with Crippen LogP contribution in [0.2, 0.25) is 0 Å². The number of pyridine rings is 1. The molecule has 4 rings (SSSR count). The second-order valence-electron chi connectivity index (χ2n) is 8.40. The number of rotatable bonds is 5. The van der Waals surface area contributed by atoms with Crippen LogP contribution in [0.15, 0.2) is 28.7 Å². The van der Waals surface area contributed by atoms with Gasteiger partial charge in [0.15, 0.2) is 11.5 Å². The molecule has 1 aromatic carbocycles. The van der Waals surface area contributed by atoms with Gasteiger partial charge in [0.1, 0.15) is 17.0 Å². The third-order valence-corrected chi connectivity index (χ3v) is 5.92. The Bertz CT molecular complexity index is 1320. The summed E-state index contributed by atoms with van der Waals surface area (Å²) in [6.45, 7) is 4.69. The van der Waals surface area contributed by atoms with E-state index in [2.05, 4.69) is 9.97 Å². The zero-order chi connectivity index (χ0) is 26.9. The molecule has 1 aliphatic heterocycles. The number of oxazole rings is 1. The lowest BCUT2D eigenvalue weighted by atomic mass is 10.1. The summed E-state index contributed by atoms with van der Waals surface area (Å²) < 4.78 is 55.9. The molecule has 0 saturated carbocycles. The van der Waals surface area contributed by atoms with Gasteiger partial charge in [-0.1, -0.05) is 0 Å². The van der Waals surface area contributed by atoms with E-state index in [1.54, 1.807) is 19.9 Å². The summed E-state index contributed by atoms with van der Waals surface area (Å²) in [7, 11) is 1.33. The first kappa shape index (κ1) is 26.2. The average molecular weight is 521 g/mol. The van der Waals surface area contributed by atoms with E-state index >= 15 is 0 Å². The molecular formula is C24H26F3N5O5. The molecule has 2 aromatic heterocycles. The van der Waals surface area contributed by atoms with Gasteiger partial charge in [0.2, 0.25) is 5.89 Å². The van der Waals surface area contributed by atoms with Gasteiger partial charge in [-0.05, 0) is 38.1 Å². The number of aromatic nitrogens is 2. The predicted molar refractivity (Wildman–Crippen MR) is 126 cm³/mol. The third-order valence-electron chi connectivity index (χ3n) is 5.92. The van der Waals surface area contributed by atoms with Crippen molar-refractivity contribution in [2.75, 3.05) is 39.9 Å². The molecule has 37 heavy (non-hydrogen) atoms. The van der Waals surface area contributed by atoms with E-state index in [0.29, 0.717) is 24.0 Å². The number of ether oxygens (including phenoxy) is 2. The fraction of sp³-hybridized carbons (Fsp3) is 0.417. The summed E-state index contributed by atoms with van der Waals surface area (Å²) in [5.41, 5.74) is 5.28. The first-order chi connectivity index (χ1) is 17.5. The normalized spacial score (nSPS) is 15.1. The number of carbonyl (C=O) groups excluding carboxylic acids is 2. The number of nitrogens with zero attached hydrogens (tertiary/aromatic N) is 4. The minimum atomic E-state index is -4.64. The highest BCUT2D eigenvalue weighted by atomic mass is 19.4. The number of benzene rings is 1. The van der Waals surface area contributed by atoms with Gasteiger partial charge in [-0.3, -0.25) is 4.79 Å². The molecule has 0 spiro atoms. The number of amides is 2. The Labute approximate surface area is 210 Å². The van der Waals surface area contributed by atoms with Gasteiger partial charge in [0.25, 0.3) is 5.91 Å². The quantitative estimate of drug-likeness (QED) is 0.537. The Kier molecular flexibility index (Phi) is 7.25. The number of hydrogen-bond donors (Lipinski definition) is 1. The van der Waals surface area contributed by atoms with E-state index in [4.69, 9.17) is 19.6 Å². The van der Waals surface area contributed by atoms with Crippen LogP contribution < -0.4 is 10.5 Å². The second-order valence-corrected chi connectivity index (χ2v) is 8.40. The lowest BCUT2D eigenvalue weighted by Gasteiger charge is -2.33. The molecule has 13 heteroatoms. The van der Waals surface area contributed by atoms with Crippen molar-refractivity contribution in [1.29, 1.82) is 0 Å². The van der Waals surface area contributed by atoms with Crippen LogP contribution in [0.1, 0.15) is 41.8 Å². The summed E-state index contributed by atoms with van der Waals surface area (Å²) in [5.74, 6) is -0.146. The third kappa shape index (κ3) is 5.17. The summed E-state index contributed by atoms with van der Waals surface area (Å²) in [6, 6.07) is 4.45. The van der Waals surface area contributed by atoms with Crippen molar-refractivity contribution in [3.05, 3.63) is 41.4 Å². The van der Waals surface area contributed by atoms with Crippen molar-refractivity contribution in [2.45, 2.75) is 26.1 Å². The Morgan fingerprint density at radius 3 is 2.38 bits per heavy atom. The lowest BCUT2D eigenvalue weighted by molar-refractivity contribution is -0.140. The van der Waals surface area contributed by atoms with Gasteiger partial charge < -0.3 is 29.4 Å². The molecule has 0 aliphatic carbocycles. The minimum Gasteiger partial charge on any atom is -0.494 e. The first-order valence-corrected chi connectivity index (χ1v) is 11.6. The van der Waals surface area contributed by atoms with Crippen LogP contribution in [0.25, 0.3) is 22.4 Å². The van der Waals surface area contributed by atoms with Crippen LogP contribution in [-0.2, 0) is 10.9 Å². The van der Waals surface area contributed by atoms with E-state index in [1.807, 2.05) is 0 Å². The topological polar surface area (TPSA) is 124 Å². The van der Waals surface area contributed by atoms with Crippen molar-refractivity contribution in [1.82, 2.24) is 19.8 Å². The number of halogens is 3. The molecule has 1 fully saturated rings. The van der Waals surface area contributed by atoms with E-state index < -0.39 is 29.9 Å². The van der Waals surface area contributed by atoms with Crippen LogP contribution in [0.5, 0.6) is 5.75 Å². The van der Waals surface area contributed by atoms with Gasteiger partial charge in [-0.25, -0.2) is 14.8 Å². The number of hydrogen-bond acceptors (Lipinski definition) is 8. The molecule has 3 heterocycles. The average Bonchev–Trinajstić information content (AvgIpc) is 3.32. The predicted octanol–water partition coefficient (Wildman–Crippen LogP) is 3.85. The van der Waals surface area contributed by atoms with E-state index in [9.17, 15) is 22.8 Å². The van der Waals surface area contributed by atoms with Crippen molar-refractivity contribution >= 4 is 22.9 Å². The number of fused-ring (bicyclic) bond motifs is 1. The highest BCUT2D eigenvalue weighted by Crippen LogP contribution is 2.37. The van der Waals surface area contributed by atoms with Crippen molar-refractivity contribution < 1.29 is 36.7 Å². The monoisotopic (exact) mass is 521 g/mol. The van der Waals surface area contributed by atoms with Crippen LogP contribution in [-0.4, -0.2) is 71.7 Å². The number of nitrogens with two attached hydrogens (primary N) is 1. The molecule has 10 nitrogen and oxygen atoms in total. The Morgan fingerprint density at radius 1 is 1.11 bits per heavy atom. The van der Waals surface area contributed by atoms with E-state index in [-0.39, 0.29) is 48.3 Å². The zero-order valence-corrected chi connectivity index (χ0v) is 20.5. The molecule has 1 aliphatic rings. The van der Waals surface area contributed by atoms with Gasteiger partial charge >= 0.3 is 12.3 Å². The smallest absolute Gasteiger partial charge is 0.433 e.